The van der Waals surface area contributed by atoms with Gasteiger partial charge in [0.2, 0.25) is 5.91 Å². The number of likely N-dealkylation sites (tertiary alicyclic amines) is 1. The van der Waals surface area contributed by atoms with E-state index in [1.807, 2.05) is 34.2 Å². The second-order valence-corrected chi connectivity index (χ2v) is 7.93. The molecule has 31 heavy (non-hydrogen) atoms. The fraction of sp³-hybridized carbons (Fsp3) is 0.304. The zero-order valence-corrected chi connectivity index (χ0v) is 17.8. The molecule has 1 amide bonds. The molecule has 2 aliphatic rings. The van der Waals surface area contributed by atoms with E-state index in [0.29, 0.717) is 35.8 Å². The number of aliphatic imine (C=N–C) groups is 2. The molecule has 1 saturated heterocycles. The average Bonchev–Trinajstić information content (AvgIpc) is 3.38. The summed E-state index contributed by atoms with van der Waals surface area (Å²) >= 11 is 6.04. The van der Waals surface area contributed by atoms with Crippen LogP contribution in [-0.4, -0.2) is 66.3 Å². The molecule has 1 atom stereocenters. The molecule has 2 heterocycles. The fourth-order valence-corrected chi connectivity index (χ4v) is 4.07. The molecule has 0 N–H and O–H groups in total. The summed E-state index contributed by atoms with van der Waals surface area (Å²) < 4.78 is 14.3. The van der Waals surface area contributed by atoms with Crippen molar-refractivity contribution in [2.75, 3.05) is 26.3 Å². The second kappa shape index (κ2) is 9.39. The van der Waals surface area contributed by atoms with Crippen molar-refractivity contribution in [2.45, 2.75) is 18.9 Å². The van der Waals surface area contributed by atoms with Crippen molar-refractivity contribution < 1.29 is 9.18 Å². The van der Waals surface area contributed by atoms with Crippen molar-refractivity contribution >= 4 is 35.6 Å². The molecule has 0 spiro atoms. The summed E-state index contributed by atoms with van der Waals surface area (Å²) in [6.45, 7) is 5.20. The smallest absolute Gasteiger partial charge is 0.223 e. The van der Waals surface area contributed by atoms with Crippen LogP contribution in [0.1, 0.15) is 24.0 Å². The van der Waals surface area contributed by atoms with Crippen LogP contribution >= 0.6 is 11.6 Å². The second-order valence-electron chi connectivity index (χ2n) is 7.50. The van der Waals surface area contributed by atoms with E-state index in [1.54, 1.807) is 18.2 Å². The summed E-state index contributed by atoms with van der Waals surface area (Å²) in [5.41, 5.74) is 2.65. The molecule has 1 unspecified atom stereocenters. The predicted molar refractivity (Wildman–Crippen MR) is 122 cm³/mol. The number of carbonyl (C=O) groups excluding carboxylic acids is 1. The summed E-state index contributed by atoms with van der Waals surface area (Å²) in [6, 6.07) is 13.8. The van der Waals surface area contributed by atoms with Gasteiger partial charge in [0.05, 0.1) is 30.6 Å². The fourth-order valence-electron chi connectivity index (χ4n) is 3.94. The molecule has 2 aliphatic heterocycles. The number of hydrogen-bond donors (Lipinski definition) is 0. The Morgan fingerprint density at radius 3 is 2.68 bits per heavy atom. The van der Waals surface area contributed by atoms with Crippen molar-refractivity contribution in [2.24, 2.45) is 15.1 Å². The average molecular weight is 440 g/mol. The first-order valence-corrected chi connectivity index (χ1v) is 10.5. The molecule has 1 fully saturated rings. The van der Waals surface area contributed by atoms with E-state index in [2.05, 4.69) is 16.7 Å². The minimum atomic E-state index is -0.350. The van der Waals surface area contributed by atoms with Gasteiger partial charge in [-0.25, -0.2) is 4.39 Å². The number of hydrogen-bond acceptors (Lipinski definition) is 5. The number of amides is 1. The monoisotopic (exact) mass is 439 g/mol. The maximum absolute atomic E-state index is 14.3. The Labute approximate surface area is 185 Å². The van der Waals surface area contributed by atoms with Crippen LogP contribution in [0.5, 0.6) is 0 Å². The van der Waals surface area contributed by atoms with E-state index >= 15 is 0 Å². The van der Waals surface area contributed by atoms with Gasteiger partial charge in [0, 0.05) is 29.1 Å². The summed E-state index contributed by atoms with van der Waals surface area (Å²) in [5.74, 6) is -0.211. The molecule has 2 aromatic carbocycles. The number of halogens is 2. The molecule has 8 heteroatoms. The van der Waals surface area contributed by atoms with Crippen molar-refractivity contribution in [1.29, 1.82) is 0 Å². The maximum Gasteiger partial charge on any atom is 0.223 e. The topological polar surface area (TPSA) is 60.6 Å². The zero-order valence-electron chi connectivity index (χ0n) is 17.0. The van der Waals surface area contributed by atoms with Gasteiger partial charge >= 0.3 is 0 Å². The summed E-state index contributed by atoms with van der Waals surface area (Å²) in [6.07, 6.45) is 1.41. The molecule has 0 saturated carbocycles. The van der Waals surface area contributed by atoms with Crippen LogP contribution in [0.4, 0.5) is 4.39 Å². The third kappa shape index (κ3) is 4.66. The highest BCUT2D eigenvalue weighted by Gasteiger charge is 2.37. The highest BCUT2D eigenvalue weighted by molar-refractivity contribution is 6.30. The largest absolute Gasteiger partial charge is 0.332 e. The van der Waals surface area contributed by atoms with Crippen molar-refractivity contribution in [1.82, 2.24) is 9.91 Å². The van der Waals surface area contributed by atoms with Crippen molar-refractivity contribution in [3.05, 3.63) is 70.5 Å². The normalized spacial score (nSPS) is 19.2. The Bertz CT molecular complexity index is 1040. The predicted octanol–water partition coefficient (Wildman–Crippen LogP) is 3.64. The van der Waals surface area contributed by atoms with Crippen LogP contribution in [-0.2, 0) is 4.79 Å². The van der Waals surface area contributed by atoms with Crippen molar-refractivity contribution in [3.63, 3.8) is 0 Å². The van der Waals surface area contributed by atoms with Gasteiger partial charge < -0.3 is 4.90 Å². The highest BCUT2D eigenvalue weighted by Crippen LogP contribution is 2.24. The van der Waals surface area contributed by atoms with E-state index < -0.39 is 0 Å². The van der Waals surface area contributed by atoms with Crippen LogP contribution in [0.3, 0.4) is 0 Å². The quantitative estimate of drug-likeness (QED) is 0.618. The van der Waals surface area contributed by atoms with Crippen molar-refractivity contribution in [3.8, 4) is 0 Å². The molecule has 0 aromatic heterocycles. The van der Waals surface area contributed by atoms with Crippen LogP contribution in [0, 0.1) is 5.82 Å². The van der Waals surface area contributed by atoms with Crippen LogP contribution in [0.2, 0.25) is 5.02 Å². The molecular weight excluding hydrogens is 417 g/mol. The molecule has 2 aromatic rings. The lowest BCUT2D eigenvalue weighted by Gasteiger charge is -2.25. The molecule has 0 bridgehead atoms. The van der Waals surface area contributed by atoms with Gasteiger partial charge in [-0.3, -0.25) is 19.8 Å². The Kier molecular flexibility index (Phi) is 6.42. The molecule has 4 rings (SSSR count). The lowest BCUT2D eigenvalue weighted by molar-refractivity contribution is -0.128. The number of rotatable bonds is 7. The number of hydrazone groups is 1. The maximum atomic E-state index is 14.3. The van der Waals surface area contributed by atoms with Gasteiger partial charge in [-0.05, 0) is 31.3 Å². The van der Waals surface area contributed by atoms with Crippen LogP contribution in [0.25, 0.3) is 0 Å². The van der Waals surface area contributed by atoms with E-state index in [9.17, 15) is 9.18 Å². The Morgan fingerprint density at radius 1 is 1.23 bits per heavy atom. The van der Waals surface area contributed by atoms with E-state index in [4.69, 9.17) is 16.7 Å². The van der Waals surface area contributed by atoms with Gasteiger partial charge in [-0.2, -0.15) is 5.10 Å². The van der Waals surface area contributed by atoms with Crippen LogP contribution in [0.15, 0.2) is 63.6 Å². The molecule has 160 valence electrons. The first-order chi connectivity index (χ1) is 15.1. The van der Waals surface area contributed by atoms with E-state index in [0.717, 1.165) is 17.7 Å². The SMILES string of the molecule is C=NC/C(=N\CN1CC(N2CCCC2=O)C(c2ccc(Cl)cc2)=N1)c1ccccc1F. The van der Waals surface area contributed by atoms with Gasteiger partial charge in [0.15, 0.2) is 0 Å². The molecule has 6 nitrogen and oxygen atoms in total. The van der Waals surface area contributed by atoms with Crippen LogP contribution < -0.4 is 0 Å². The number of carbonyl (C=O) groups is 1. The van der Waals surface area contributed by atoms with Gasteiger partial charge in [0.25, 0.3) is 0 Å². The van der Waals surface area contributed by atoms with Gasteiger partial charge in [0.1, 0.15) is 12.5 Å². The Morgan fingerprint density at radius 2 is 2.00 bits per heavy atom. The standard InChI is InChI=1S/C23H23ClFN5O/c1-26-13-20(18-5-2-3-6-19(18)25)27-15-29-14-21(30-12-4-7-22(30)31)23(28-29)16-8-10-17(24)11-9-16/h2-3,5-6,8-11,21H,1,4,7,12-15H2/b27-20+. The minimum absolute atomic E-state index is 0.139. The summed E-state index contributed by atoms with van der Waals surface area (Å²) in [5, 5.41) is 7.21. The summed E-state index contributed by atoms with van der Waals surface area (Å²) in [4.78, 5) is 22.8. The van der Waals surface area contributed by atoms with E-state index in [1.165, 1.54) is 6.07 Å². The molecular formula is C23H23ClFN5O. The first-order valence-electron chi connectivity index (χ1n) is 10.2. The molecule has 0 aliphatic carbocycles. The summed E-state index contributed by atoms with van der Waals surface area (Å²) in [7, 11) is 0. The van der Waals surface area contributed by atoms with E-state index in [-0.39, 0.29) is 31.0 Å². The first kappa shape index (κ1) is 21.2. The lowest BCUT2D eigenvalue weighted by atomic mass is 10.0. The Balaban J connectivity index is 1.61. The third-order valence-corrected chi connectivity index (χ3v) is 5.70. The number of nitrogens with zero attached hydrogens (tertiary/aromatic N) is 5. The van der Waals surface area contributed by atoms with Gasteiger partial charge in [-0.1, -0.05) is 41.9 Å². The highest BCUT2D eigenvalue weighted by atomic mass is 35.5. The van der Waals surface area contributed by atoms with Gasteiger partial charge in [-0.15, -0.1) is 0 Å². The minimum Gasteiger partial charge on any atom is -0.332 e. The third-order valence-electron chi connectivity index (χ3n) is 5.45. The Hall–Kier alpha value is -3.06. The lowest BCUT2D eigenvalue weighted by Crippen LogP contribution is -2.44. The molecule has 0 radical (unpaired) electrons. The number of benzene rings is 2. The zero-order chi connectivity index (χ0) is 21.8.